The fraction of sp³-hybridized carbons (Fsp3) is 0.500. The maximum atomic E-state index is 9.52. The third-order valence-corrected chi connectivity index (χ3v) is 4.66. The van der Waals surface area contributed by atoms with Gasteiger partial charge in [0.05, 0.1) is 16.3 Å². The van der Waals surface area contributed by atoms with Gasteiger partial charge in [0, 0.05) is 0 Å². The van der Waals surface area contributed by atoms with Crippen molar-refractivity contribution in [2.24, 2.45) is 5.92 Å². The lowest BCUT2D eigenvalue weighted by atomic mass is 9.83. The van der Waals surface area contributed by atoms with Crippen LogP contribution in [0.4, 0.5) is 5.13 Å². The van der Waals surface area contributed by atoms with Crippen LogP contribution in [0.3, 0.4) is 0 Å². The Hall–Kier alpha value is -1.13. The summed E-state index contributed by atoms with van der Waals surface area (Å²) >= 11 is 1.56. The molecule has 0 atom stereocenters. The molecule has 3 rings (SSSR count). The molecule has 0 bridgehead atoms. The van der Waals surface area contributed by atoms with Gasteiger partial charge in [-0.25, -0.2) is 4.98 Å². The highest BCUT2D eigenvalue weighted by atomic mass is 32.1. The Bertz CT molecular complexity index is 544. The van der Waals surface area contributed by atoms with Crippen molar-refractivity contribution in [2.75, 3.05) is 5.73 Å². The summed E-state index contributed by atoms with van der Waals surface area (Å²) in [6.07, 6.45) is 5.25. The molecule has 1 aromatic carbocycles. The molecule has 1 aliphatic rings. The Balaban J connectivity index is 1.74. The third-order valence-electron chi connectivity index (χ3n) is 3.81. The molecule has 0 aliphatic heterocycles. The van der Waals surface area contributed by atoms with Crippen LogP contribution in [0.25, 0.3) is 10.2 Å². The van der Waals surface area contributed by atoms with Gasteiger partial charge in [-0.1, -0.05) is 17.4 Å². The molecule has 0 spiro atoms. The molecule has 1 saturated carbocycles. The predicted octanol–water partition coefficient (Wildman–Crippen LogP) is 2.97. The van der Waals surface area contributed by atoms with Crippen molar-refractivity contribution in [3.63, 3.8) is 0 Å². The first-order chi connectivity index (χ1) is 8.70. The van der Waals surface area contributed by atoms with E-state index in [1.54, 1.807) is 11.3 Å². The Kier molecular flexibility index (Phi) is 3.22. The summed E-state index contributed by atoms with van der Waals surface area (Å²) in [6, 6.07) is 6.44. The van der Waals surface area contributed by atoms with Gasteiger partial charge >= 0.3 is 0 Å². The molecule has 96 valence electrons. The van der Waals surface area contributed by atoms with Crippen molar-refractivity contribution >= 4 is 26.7 Å². The number of aliphatic hydroxyl groups excluding tert-OH is 1. The summed E-state index contributed by atoms with van der Waals surface area (Å²) < 4.78 is 1.18. The van der Waals surface area contributed by atoms with Gasteiger partial charge in [-0.2, -0.15) is 0 Å². The molecule has 1 heterocycles. The van der Waals surface area contributed by atoms with E-state index in [-0.39, 0.29) is 6.10 Å². The van der Waals surface area contributed by atoms with E-state index >= 15 is 0 Å². The first-order valence-electron chi connectivity index (χ1n) is 6.54. The van der Waals surface area contributed by atoms with Crippen LogP contribution in [0.2, 0.25) is 0 Å². The number of nitrogens with zero attached hydrogens (tertiary/aromatic N) is 1. The van der Waals surface area contributed by atoms with Crippen molar-refractivity contribution in [3.05, 3.63) is 23.8 Å². The molecule has 0 radical (unpaired) electrons. The van der Waals surface area contributed by atoms with E-state index in [4.69, 9.17) is 5.73 Å². The van der Waals surface area contributed by atoms with Crippen LogP contribution in [0, 0.1) is 5.92 Å². The average molecular weight is 262 g/mol. The molecule has 1 aromatic heterocycles. The molecule has 2 aromatic rings. The summed E-state index contributed by atoms with van der Waals surface area (Å²) in [7, 11) is 0. The van der Waals surface area contributed by atoms with Gasteiger partial charge in [-0.05, 0) is 55.7 Å². The first kappa shape index (κ1) is 11.9. The number of nitrogens with two attached hydrogens (primary N) is 1. The van der Waals surface area contributed by atoms with E-state index in [9.17, 15) is 5.11 Å². The number of nitrogen functional groups attached to an aromatic ring is 1. The van der Waals surface area contributed by atoms with Crippen LogP contribution >= 0.6 is 11.3 Å². The minimum absolute atomic E-state index is 0.0648. The van der Waals surface area contributed by atoms with Crippen LogP contribution in [0.15, 0.2) is 18.2 Å². The molecule has 4 heteroatoms. The summed E-state index contributed by atoms with van der Waals surface area (Å²) in [6.45, 7) is 0. The zero-order valence-electron chi connectivity index (χ0n) is 10.3. The number of benzene rings is 1. The van der Waals surface area contributed by atoms with Gasteiger partial charge in [0.2, 0.25) is 0 Å². The number of aromatic nitrogens is 1. The smallest absolute Gasteiger partial charge is 0.181 e. The van der Waals surface area contributed by atoms with E-state index in [1.807, 2.05) is 0 Å². The van der Waals surface area contributed by atoms with E-state index in [0.29, 0.717) is 5.13 Å². The second kappa shape index (κ2) is 4.86. The van der Waals surface area contributed by atoms with Crippen molar-refractivity contribution < 1.29 is 5.11 Å². The average Bonchev–Trinajstić information content (AvgIpc) is 2.71. The highest BCUT2D eigenvalue weighted by molar-refractivity contribution is 7.22. The molecule has 0 unspecified atom stereocenters. The van der Waals surface area contributed by atoms with Crippen LogP contribution in [-0.2, 0) is 6.42 Å². The molecule has 1 aliphatic carbocycles. The molecular weight excluding hydrogens is 244 g/mol. The molecule has 3 nitrogen and oxygen atoms in total. The van der Waals surface area contributed by atoms with Gasteiger partial charge in [0.25, 0.3) is 0 Å². The second-order valence-corrected chi connectivity index (χ2v) is 6.30. The third kappa shape index (κ3) is 2.49. The maximum absolute atomic E-state index is 9.52. The maximum Gasteiger partial charge on any atom is 0.181 e. The van der Waals surface area contributed by atoms with Crippen molar-refractivity contribution in [1.82, 2.24) is 4.98 Å². The quantitative estimate of drug-likeness (QED) is 0.874. The number of thiazole rings is 1. The number of aliphatic hydroxyl groups is 1. The number of anilines is 1. The number of hydrogen-bond donors (Lipinski definition) is 2. The summed E-state index contributed by atoms with van der Waals surface area (Å²) in [4.78, 5) is 4.27. The monoisotopic (exact) mass is 262 g/mol. The molecule has 0 saturated heterocycles. The van der Waals surface area contributed by atoms with E-state index in [1.165, 1.54) is 10.3 Å². The van der Waals surface area contributed by atoms with Gasteiger partial charge < -0.3 is 10.8 Å². The van der Waals surface area contributed by atoms with Gasteiger partial charge in [-0.15, -0.1) is 0 Å². The van der Waals surface area contributed by atoms with Gasteiger partial charge in [0.1, 0.15) is 0 Å². The van der Waals surface area contributed by atoms with Gasteiger partial charge in [-0.3, -0.25) is 0 Å². The summed E-state index contributed by atoms with van der Waals surface area (Å²) in [5.74, 6) is 0.719. The number of fused-ring (bicyclic) bond motifs is 1. The van der Waals surface area contributed by atoms with Crippen molar-refractivity contribution in [1.29, 1.82) is 0 Å². The minimum atomic E-state index is -0.0648. The lowest BCUT2D eigenvalue weighted by molar-refractivity contribution is 0.109. The fourth-order valence-corrected chi connectivity index (χ4v) is 3.59. The standard InChI is InChI=1S/C14H18N2OS/c15-14-16-12-6-3-10(8-13(12)18-14)7-9-1-4-11(17)5-2-9/h3,6,8-9,11,17H,1-2,4-5,7H2,(H2,15,16). The predicted molar refractivity (Wildman–Crippen MR) is 75.7 cm³/mol. The fourth-order valence-electron chi connectivity index (χ4n) is 2.80. The first-order valence-corrected chi connectivity index (χ1v) is 7.35. The number of hydrogen-bond acceptors (Lipinski definition) is 4. The van der Waals surface area contributed by atoms with E-state index < -0.39 is 0 Å². The largest absolute Gasteiger partial charge is 0.393 e. The molecule has 0 amide bonds. The zero-order chi connectivity index (χ0) is 12.5. The molecule has 1 fully saturated rings. The second-order valence-electron chi connectivity index (χ2n) is 5.23. The zero-order valence-corrected chi connectivity index (χ0v) is 11.1. The van der Waals surface area contributed by atoms with Gasteiger partial charge in [0.15, 0.2) is 5.13 Å². The minimum Gasteiger partial charge on any atom is -0.393 e. The highest BCUT2D eigenvalue weighted by Gasteiger charge is 2.19. The van der Waals surface area contributed by atoms with Crippen LogP contribution in [-0.4, -0.2) is 16.2 Å². The summed E-state index contributed by atoms with van der Waals surface area (Å²) in [5, 5.41) is 10.2. The SMILES string of the molecule is Nc1nc2ccc(CC3CCC(O)CC3)cc2s1. The van der Waals surface area contributed by atoms with Crippen LogP contribution in [0.1, 0.15) is 31.2 Å². The van der Waals surface area contributed by atoms with E-state index in [0.717, 1.165) is 43.5 Å². The number of rotatable bonds is 2. The topological polar surface area (TPSA) is 59.1 Å². The molecule has 18 heavy (non-hydrogen) atoms. The normalized spacial score (nSPS) is 24.5. The van der Waals surface area contributed by atoms with Crippen LogP contribution in [0.5, 0.6) is 0 Å². The van der Waals surface area contributed by atoms with Crippen LogP contribution < -0.4 is 5.73 Å². The Morgan fingerprint density at radius 3 is 2.83 bits per heavy atom. The summed E-state index contributed by atoms with van der Waals surface area (Å²) in [5.41, 5.74) is 8.09. The molecule has 3 N–H and O–H groups in total. The Morgan fingerprint density at radius 2 is 2.06 bits per heavy atom. The Labute approximate surface area is 111 Å². The Morgan fingerprint density at radius 1 is 1.28 bits per heavy atom. The molecular formula is C14H18N2OS. The van der Waals surface area contributed by atoms with Crippen molar-refractivity contribution in [2.45, 2.75) is 38.2 Å². The van der Waals surface area contributed by atoms with Crippen molar-refractivity contribution in [3.8, 4) is 0 Å². The lowest BCUT2D eigenvalue weighted by Crippen LogP contribution is -2.19. The van der Waals surface area contributed by atoms with E-state index in [2.05, 4.69) is 23.2 Å². The lowest BCUT2D eigenvalue weighted by Gasteiger charge is -2.25. The highest BCUT2D eigenvalue weighted by Crippen LogP contribution is 2.30.